The molecule has 0 spiro atoms. The molecule has 0 aliphatic rings. The molecule has 0 aliphatic carbocycles. The lowest BCUT2D eigenvalue weighted by molar-refractivity contribution is 0.943. The van der Waals surface area contributed by atoms with Crippen LogP contribution >= 0.6 is 0 Å². The third-order valence-corrected chi connectivity index (χ3v) is 1.71. The second-order valence-corrected chi connectivity index (χ2v) is 2.71. The molecular weight excluding hydrogens is 182 g/mol. The fraction of sp³-hybridized carbons (Fsp3) is 0. The highest BCUT2D eigenvalue weighted by Crippen LogP contribution is 2.09. The molecular formula is C9H7N3O2. The summed E-state index contributed by atoms with van der Waals surface area (Å²) in [5.41, 5.74) is -0.493. The fourth-order valence-corrected chi connectivity index (χ4v) is 1.13. The zero-order valence-electron chi connectivity index (χ0n) is 7.15. The number of benzene rings is 1. The first kappa shape index (κ1) is 8.43. The van der Waals surface area contributed by atoms with E-state index in [0.29, 0.717) is 5.56 Å². The average Bonchev–Trinajstić information content (AvgIpc) is 2.18. The summed E-state index contributed by atoms with van der Waals surface area (Å²) in [6, 6.07) is 8.97. The number of hydrogen-bond acceptors (Lipinski definition) is 3. The van der Waals surface area contributed by atoms with E-state index in [2.05, 4.69) is 9.97 Å². The second kappa shape index (κ2) is 3.29. The van der Waals surface area contributed by atoms with Gasteiger partial charge in [0.15, 0.2) is 0 Å². The average molecular weight is 189 g/mol. The van der Waals surface area contributed by atoms with Crippen LogP contribution in [0.3, 0.4) is 0 Å². The van der Waals surface area contributed by atoms with E-state index in [1.54, 1.807) is 24.3 Å². The maximum atomic E-state index is 10.9. The van der Waals surface area contributed by atoms with Crippen molar-refractivity contribution in [3.63, 3.8) is 0 Å². The van der Waals surface area contributed by atoms with Crippen molar-refractivity contribution in [2.24, 2.45) is 0 Å². The predicted octanol–water partition coefficient (Wildman–Crippen LogP) is 0.125. The molecule has 0 amide bonds. The molecule has 70 valence electrons. The summed E-state index contributed by atoms with van der Waals surface area (Å²) in [6.45, 7) is 0. The molecule has 0 atom stereocenters. The summed E-state index contributed by atoms with van der Waals surface area (Å²) < 4.78 is 0. The Hall–Kier alpha value is -2.17. The van der Waals surface area contributed by atoms with Gasteiger partial charge in [-0.15, -0.1) is 0 Å². The number of H-pyrrole nitrogens is 2. The van der Waals surface area contributed by atoms with Crippen LogP contribution in [0.1, 0.15) is 0 Å². The number of rotatable bonds is 1. The molecule has 0 saturated carbocycles. The molecule has 0 radical (unpaired) electrons. The van der Waals surface area contributed by atoms with Gasteiger partial charge in [-0.25, -0.2) is 9.59 Å². The molecule has 5 nitrogen and oxygen atoms in total. The highest BCUT2D eigenvalue weighted by atomic mass is 16.2. The molecule has 2 rings (SSSR count). The van der Waals surface area contributed by atoms with E-state index >= 15 is 0 Å². The Morgan fingerprint density at radius 3 is 2.36 bits per heavy atom. The Morgan fingerprint density at radius 2 is 1.71 bits per heavy atom. The minimum Gasteiger partial charge on any atom is -0.291 e. The number of hydrogen-bond donors (Lipinski definition) is 2. The molecule has 0 fully saturated rings. The Balaban J connectivity index is 2.64. The van der Waals surface area contributed by atoms with E-state index in [9.17, 15) is 9.59 Å². The van der Waals surface area contributed by atoms with Gasteiger partial charge in [0.25, 0.3) is 0 Å². The normalized spacial score (nSPS) is 10.0. The maximum Gasteiger partial charge on any atom is 0.351 e. The summed E-state index contributed by atoms with van der Waals surface area (Å²) in [7, 11) is 0. The first-order chi connectivity index (χ1) is 6.75. The van der Waals surface area contributed by atoms with E-state index in [1.807, 2.05) is 11.1 Å². The molecule has 14 heavy (non-hydrogen) atoms. The van der Waals surface area contributed by atoms with Gasteiger partial charge >= 0.3 is 11.4 Å². The van der Waals surface area contributed by atoms with E-state index in [-0.39, 0.29) is 5.82 Å². The summed E-state index contributed by atoms with van der Waals surface area (Å²) in [5, 5.41) is 0. The summed E-state index contributed by atoms with van der Waals surface area (Å²) >= 11 is 0. The smallest absolute Gasteiger partial charge is 0.291 e. The first-order valence-corrected chi connectivity index (χ1v) is 4.02. The van der Waals surface area contributed by atoms with Gasteiger partial charge in [-0.3, -0.25) is 9.97 Å². The van der Waals surface area contributed by atoms with Gasteiger partial charge in [-0.2, -0.15) is 4.98 Å². The molecule has 2 N–H and O–H groups in total. The van der Waals surface area contributed by atoms with Crippen LogP contribution in [0.5, 0.6) is 0 Å². The fourth-order valence-electron chi connectivity index (χ4n) is 1.13. The van der Waals surface area contributed by atoms with Crippen molar-refractivity contribution in [2.75, 3.05) is 0 Å². The lowest BCUT2D eigenvalue weighted by Crippen LogP contribution is -2.25. The summed E-state index contributed by atoms with van der Waals surface area (Å²) in [5.74, 6) is 0.277. The van der Waals surface area contributed by atoms with Crippen molar-refractivity contribution in [3.8, 4) is 11.4 Å². The monoisotopic (exact) mass is 189 g/mol. The Morgan fingerprint density at radius 1 is 1.00 bits per heavy atom. The Labute approximate surface area is 78.5 Å². The van der Waals surface area contributed by atoms with Crippen LogP contribution in [0.2, 0.25) is 0 Å². The van der Waals surface area contributed by atoms with Gasteiger partial charge in [-0.05, 0) is 0 Å². The van der Waals surface area contributed by atoms with Gasteiger partial charge in [0.2, 0.25) is 0 Å². The molecule has 0 bridgehead atoms. The van der Waals surface area contributed by atoms with Crippen LogP contribution in [0.4, 0.5) is 0 Å². The van der Waals surface area contributed by atoms with Crippen molar-refractivity contribution in [1.29, 1.82) is 0 Å². The molecule has 0 saturated heterocycles. The van der Waals surface area contributed by atoms with Crippen LogP contribution in [0, 0.1) is 0 Å². The highest BCUT2D eigenvalue weighted by Gasteiger charge is 1.99. The van der Waals surface area contributed by atoms with E-state index < -0.39 is 11.4 Å². The lowest BCUT2D eigenvalue weighted by Gasteiger charge is -1.97. The molecule has 0 aliphatic heterocycles. The predicted molar refractivity (Wildman–Crippen MR) is 50.9 cm³/mol. The number of aromatic amines is 2. The molecule has 1 aromatic carbocycles. The van der Waals surface area contributed by atoms with Crippen LogP contribution < -0.4 is 11.4 Å². The van der Waals surface area contributed by atoms with Crippen LogP contribution in [0.15, 0.2) is 39.9 Å². The topological polar surface area (TPSA) is 78.6 Å². The third kappa shape index (κ3) is 1.61. The van der Waals surface area contributed by atoms with Gasteiger partial charge < -0.3 is 0 Å². The van der Waals surface area contributed by atoms with Crippen LogP contribution in [0.25, 0.3) is 11.4 Å². The first-order valence-electron chi connectivity index (χ1n) is 4.02. The van der Waals surface area contributed by atoms with Crippen molar-refractivity contribution in [3.05, 3.63) is 51.3 Å². The molecule has 5 heteroatoms. The number of nitrogens with zero attached hydrogens (tertiary/aromatic N) is 1. The van der Waals surface area contributed by atoms with Crippen molar-refractivity contribution >= 4 is 0 Å². The van der Waals surface area contributed by atoms with Gasteiger partial charge in [0.05, 0.1) is 0 Å². The lowest BCUT2D eigenvalue weighted by atomic mass is 10.2. The van der Waals surface area contributed by atoms with E-state index in [4.69, 9.17) is 0 Å². The van der Waals surface area contributed by atoms with E-state index in [1.165, 1.54) is 0 Å². The van der Waals surface area contributed by atoms with Crippen LogP contribution in [-0.2, 0) is 0 Å². The van der Waals surface area contributed by atoms with Gasteiger partial charge in [0.1, 0.15) is 5.82 Å². The van der Waals surface area contributed by atoms with Crippen LogP contribution in [-0.4, -0.2) is 15.0 Å². The minimum atomic E-state index is -0.646. The number of aromatic nitrogens is 3. The second-order valence-electron chi connectivity index (χ2n) is 2.71. The van der Waals surface area contributed by atoms with Crippen molar-refractivity contribution in [2.45, 2.75) is 0 Å². The van der Waals surface area contributed by atoms with Crippen molar-refractivity contribution in [1.82, 2.24) is 15.0 Å². The molecule has 0 unspecified atom stereocenters. The largest absolute Gasteiger partial charge is 0.351 e. The van der Waals surface area contributed by atoms with Gasteiger partial charge in [-0.1, -0.05) is 30.3 Å². The Bertz CT molecular complexity index is 513. The summed E-state index contributed by atoms with van der Waals surface area (Å²) in [6.07, 6.45) is 0. The zero-order chi connectivity index (χ0) is 9.97. The SMILES string of the molecule is O=c1nc(-c2ccccc2)[nH]c(=O)[nH]1. The van der Waals surface area contributed by atoms with Crippen molar-refractivity contribution < 1.29 is 0 Å². The third-order valence-electron chi connectivity index (χ3n) is 1.71. The highest BCUT2D eigenvalue weighted by molar-refractivity contribution is 5.53. The van der Waals surface area contributed by atoms with E-state index in [0.717, 1.165) is 0 Å². The zero-order valence-corrected chi connectivity index (χ0v) is 7.15. The Kier molecular flexibility index (Phi) is 1.98. The van der Waals surface area contributed by atoms with Gasteiger partial charge in [0, 0.05) is 5.56 Å². The maximum absolute atomic E-state index is 10.9. The molecule has 2 aromatic rings. The standard InChI is InChI=1S/C9H7N3O2/c13-8-10-7(11-9(14)12-8)6-4-2-1-3-5-6/h1-5H,(H2,10,11,12,13,14). The molecule has 1 aromatic heterocycles. The minimum absolute atomic E-state index is 0.277. The quantitative estimate of drug-likeness (QED) is 0.669. The number of nitrogens with one attached hydrogen (secondary N) is 2. The molecule has 1 heterocycles. The summed E-state index contributed by atoms with van der Waals surface area (Å²) in [4.78, 5) is 29.9.